The van der Waals surface area contributed by atoms with Crippen LogP contribution in [0.3, 0.4) is 0 Å². The SMILES string of the molecule is CC.CC.CCC.CCCC(CCC)C1CCCCC1. The Kier molecular flexibility index (Phi) is 30.0. The highest BCUT2D eigenvalue weighted by molar-refractivity contribution is 4.73. The lowest BCUT2D eigenvalue weighted by Gasteiger charge is -2.30. The number of hydrogen-bond acceptors (Lipinski definition) is 0. The highest BCUT2D eigenvalue weighted by atomic mass is 14.3. The van der Waals surface area contributed by atoms with Gasteiger partial charge in [-0.3, -0.25) is 0 Å². The Morgan fingerprint density at radius 3 is 1.35 bits per heavy atom. The number of hydrogen-bond donors (Lipinski definition) is 0. The van der Waals surface area contributed by atoms with E-state index in [0.29, 0.717) is 0 Å². The van der Waals surface area contributed by atoms with E-state index in [1.54, 1.807) is 0 Å². The summed E-state index contributed by atoms with van der Waals surface area (Å²) in [5.74, 6) is 2.16. The van der Waals surface area contributed by atoms with Crippen LogP contribution in [0.2, 0.25) is 0 Å². The van der Waals surface area contributed by atoms with E-state index in [2.05, 4.69) is 27.7 Å². The summed E-state index contributed by atoms with van der Waals surface area (Å²) in [7, 11) is 0. The predicted molar refractivity (Wildman–Crippen MR) is 98.5 cm³/mol. The summed E-state index contributed by atoms with van der Waals surface area (Å²) in [5.41, 5.74) is 0. The van der Waals surface area contributed by atoms with E-state index in [0.717, 1.165) is 11.8 Å². The molecule has 1 rings (SSSR count). The van der Waals surface area contributed by atoms with Gasteiger partial charge in [-0.1, -0.05) is 120 Å². The minimum Gasteiger partial charge on any atom is -0.0683 e. The highest BCUT2D eigenvalue weighted by Crippen LogP contribution is 2.34. The maximum absolute atomic E-state index is 2.34. The van der Waals surface area contributed by atoms with Crippen LogP contribution in [0.15, 0.2) is 0 Å². The van der Waals surface area contributed by atoms with E-state index in [-0.39, 0.29) is 0 Å². The van der Waals surface area contributed by atoms with Crippen LogP contribution in [-0.2, 0) is 0 Å². The maximum atomic E-state index is 2.34. The third kappa shape index (κ3) is 16.1. The molecule has 0 heterocycles. The van der Waals surface area contributed by atoms with Crippen molar-refractivity contribution in [3.05, 3.63) is 0 Å². The molecule has 0 aliphatic heterocycles. The lowest BCUT2D eigenvalue weighted by Crippen LogP contribution is -2.17. The molecular weight excluding hydrogens is 240 g/mol. The van der Waals surface area contributed by atoms with Gasteiger partial charge in [0.25, 0.3) is 0 Å². The summed E-state index contributed by atoms with van der Waals surface area (Å²) >= 11 is 0. The average Bonchev–Trinajstić information content (AvgIpc) is 2.53. The van der Waals surface area contributed by atoms with Crippen molar-refractivity contribution in [1.29, 1.82) is 0 Å². The van der Waals surface area contributed by atoms with E-state index < -0.39 is 0 Å². The van der Waals surface area contributed by atoms with E-state index in [4.69, 9.17) is 0 Å². The predicted octanol–water partition coefficient (Wildman–Crippen LogP) is 8.25. The van der Waals surface area contributed by atoms with Crippen LogP contribution >= 0.6 is 0 Å². The van der Waals surface area contributed by atoms with Gasteiger partial charge in [0, 0.05) is 0 Å². The van der Waals surface area contributed by atoms with Crippen molar-refractivity contribution in [3.63, 3.8) is 0 Å². The Hall–Kier alpha value is 0. The van der Waals surface area contributed by atoms with E-state index >= 15 is 0 Å². The molecule has 126 valence electrons. The van der Waals surface area contributed by atoms with Gasteiger partial charge in [0.2, 0.25) is 0 Å². The first-order chi connectivity index (χ1) is 9.79. The third-order valence-electron chi connectivity index (χ3n) is 3.64. The Morgan fingerprint density at radius 1 is 0.700 bits per heavy atom. The third-order valence-corrected chi connectivity index (χ3v) is 3.64. The summed E-state index contributed by atoms with van der Waals surface area (Å²) in [6.07, 6.45) is 14.6. The first kappa shape index (κ1) is 25.0. The van der Waals surface area contributed by atoms with Crippen LogP contribution in [0.25, 0.3) is 0 Å². The van der Waals surface area contributed by atoms with Gasteiger partial charge in [0.15, 0.2) is 0 Å². The molecule has 0 amide bonds. The molecule has 0 aromatic heterocycles. The van der Waals surface area contributed by atoms with Gasteiger partial charge >= 0.3 is 0 Å². The fourth-order valence-electron chi connectivity index (χ4n) is 2.96. The molecule has 0 saturated heterocycles. The van der Waals surface area contributed by atoms with Crippen molar-refractivity contribution in [3.8, 4) is 0 Å². The van der Waals surface area contributed by atoms with Gasteiger partial charge in [0.1, 0.15) is 0 Å². The first-order valence-corrected chi connectivity index (χ1v) is 9.79. The van der Waals surface area contributed by atoms with Crippen LogP contribution in [-0.4, -0.2) is 0 Å². The lowest BCUT2D eigenvalue weighted by atomic mass is 9.76. The van der Waals surface area contributed by atoms with Crippen molar-refractivity contribution < 1.29 is 0 Å². The summed E-state index contributed by atoms with van der Waals surface area (Å²) < 4.78 is 0. The zero-order valence-electron chi connectivity index (χ0n) is 16.2. The van der Waals surface area contributed by atoms with Crippen molar-refractivity contribution >= 4 is 0 Å². The molecular formula is C20H46. The Labute approximate surface area is 132 Å². The molecule has 0 unspecified atom stereocenters. The van der Waals surface area contributed by atoms with Crippen LogP contribution in [0.5, 0.6) is 0 Å². The highest BCUT2D eigenvalue weighted by Gasteiger charge is 2.21. The molecule has 0 bridgehead atoms. The van der Waals surface area contributed by atoms with Crippen LogP contribution in [0.4, 0.5) is 0 Å². The van der Waals surface area contributed by atoms with Crippen molar-refractivity contribution in [2.24, 2.45) is 11.8 Å². The molecule has 1 aliphatic rings. The van der Waals surface area contributed by atoms with Gasteiger partial charge < -0.3 is 0 Å². The number of rotatable bonds is 5. The molecule has 0 spiro atoms. The van der Waals surface area contributed by atoms with Gasteiger partial charge in [-0.25, -0.2) is 0 Å². The average molecular weight is 287 g/mol. The van der Waals surface area contributed by atoms with Crippen molar-refractivity contribution in [1.82, 2.24) is 0 Å². The van der Waals surface area contributed by atoms with E-state index in [9.17, 15) is 0 Å². The van der Waals surface area contributed by atoms with Crippen LogP contribution in [0, 0.1) is 11.8 Å². The molecule has 0 nitrogen and oxygen atoms in total. The summed E-state index contributed by atoms with van der Waals surface area (Å²) in [5, 5.41) is 0. The van der Waals surface area contributed by atoms with E-state index in [1.807, 2.05) is 27.7 Å². The minimum atomic E-state index is 1.07. The Morgan fingerprint density at radius 2 is 1.05 bits per heavy atom. The monoisotopic (exact) mass is 286 g/mol. The van der Waals surface area contributed by atoms with Gasteiger partial charge in [-0.2, -0.15) is 0 Å². The standard InChI is InChI=1S/C13H26.C3H8.2C2H6/c1-3-8-12(9-4-2)13-10-6-5-7-11-13;1-3-2;2*1-2/h12-13H,3-11H2,1-2H3;3H2,1-2H3;2*1-2H3. The largest absolute Gasteiger partial charge is 0.0683 e. The van der Waals surface area contributed by atoms with Crippen molar-refractivity contribution in [2.75, 3.05) is 0 Å². The normalized spacial score (nSPS) is 14.2. The topological polar surface area (TPSA) is 0 Å². The Bertz CT molecular complexity index is 116. The summed E-state index contributed by atoms with van der Waals surface area (Å²) in [6, 6.07) is 0. The molecule has 0 N–H and O–H groups in total. The molecule has 1 aliphatic carbocycles. The quantitative estimate of drug-likeness (QED) is 0.477. The maximum Gasteiger partial charge on any atom is -0.0386 e. The van der Waals surface area contributed by atoms with Crippen LogP contribution in [0.1, 0.15) is 120 Å². The smallest absolute Gasteiger partial charge is 0.0386 e. The Balaban J connectivity index is -0.000000355. The van der Waals surface area contributed by atoms with Gasteiger partial charge in [-0.05, 0) is 11.8 Å². The summed E-state index contributed by atoms with van der Waals surface area (Å²) in [4.78, 5) is 0. The second-order valence-electron chi connectivity index (χ2n) is 5.44. The van der Waals surface area contributed by atoms with Crippen molar-refractivity contribution in [2.45, 2.75) is 120 Å². The van der Waals surface area contributed by atoms with Crippen LogP contribution < -0.4 is 0 Å². The molecule has 0 radical (unpaired) electrons. The fraction of sp³-hybridized carbons (Fsp3) is 1.00. The molecule has 0 atom stereocenters. The second-order valence-corrected chi connectivity index (χ2v) is 5.44. The summed E-state index contributed by atoms with van der Waals surface area (Å²) in [6.45, 7) is 16.9. The fourth-order valence-corrected chi connectivity index (χ4v) is 2.96. The zero-order chi connectivity index (χ0) is 16.2. The molecule has 1 fully saturated rings. The molecule has 0 heteroatoms. The molecule has 20 heavy (non-hydrogen) atoms. The van der Waals surface area contributed by atoms with Gasteiger partial charge in [0.05, 0.1) is 0 Å². The lowest BCUT2D eigenvalue weighted by molar-refractivity contribution is 0.222. The van der Waals surface area contributed by atoms with E-state index in [1.165, 1.54) is 64.2 Å². The molecule has 0 aromatic carbocycles. The molecule has 1 saturated carbocycles. The minimum absolute atomic E-state index is 1.07. The first-order valence-electron chi connectivity index (χ1n) is 9.79. The molecule has 0 aromatic rings. The zero-order valence-corrected chi connectivity index (χ0v) is 16.2. The second kappa shape index (κ2) is 24.0. The van der Waals surface area contributed by atoms with Gasteiger partial charge in [-0.15, -0.1) is 0 Å².